The highest BCUT2D eigenvalue weighted by Gasteiger charge is 2.50. The average Bonchev–Trinajstić information content (AvgIpc) is 3.28. The maximum atomic E-state index is 13.7. The summed E-state index contributed by atoms with van der Waals surface area (Å²) in [4.78, 5) is 0. The molecule has 1 aliphatic rings. The van der Waals surface area contributed by atoms with Gasteiger partial charge in [0.15, 0.2) is 8.32 Å². The summed E-state index contributed by atoms with van der Waals surface area (Å²) in [5.41, 5.74) is -13.3. The molecule has 43 heavy (non-hydrogen) atoms. The maximum absolute atomic E-state index is 13.7. The Bertz CT molecular complexity index is 1180. The summed E-state index contributed by atoms with van der Waals surface area (Å²) in [6.07, 6.45) is -22.9. The molecule has 0 aliphatic carbocycles. The standard InChI is InChI=1S/C27H29F12NO2Si/c1-22(2,3)43(4,5)42-20-12-21(40-13-20)23(41,14-6-16(24(28,29)30)10-17(7-14)25(31,32)33)15-8-18(26(34,35)36)11-19(9-15)27(37,38)39/h6-11,20-21,40-41H,12-13H2,1-5H3/t20-,21-/m0/s1. The number of rotatable bonds is 5. The van der Waals surface area contributed by atoms with Gasteiger partial charge >= 0.3 is 24.7 Å². The number of halogens is 12. The van der Waals surface area contributed by atoms with E-state index in [9.17, 15) is 57.8 Å². The number of hydrogen-bond donors (Lipinski definition) is 2. The number of benzene rings is 2. The third-order valence-corrected chi connectivity index (χ3v) is 12.5. The van der Waals surface area contributed by atoms with Crippen LogP contribution in [0.4, 0.5) is 52.7 Å². The van der Waals surface area contributed by atoms with Gasteiger partial charge in [0.1, 0.15) is 5.60 Å². The fourth-order valence-electron chi connectivity index (χ4n) is 4.62. The fourth-order valence-corrected chi connectivity index (χ4v) is 5.99. The molecule has 2 N–H and O–H groups in total. The minimum Gasteiger partial charge on any atom is -0.413 e. The van der Waals surface area contributed by atoms with E-state index in [-0.39, 0.29) is 54.4 Å². The topological polar surface area (TPSA) is 41.5 Å². The molecule has 0 saturated carbocycles. The monoisotopic (exact) mass is 655 g/mol. The van der Waals surface area contributed by atoms with Crippen molar-refractivity contribution in [2.24, 2.45) is 0 Å². The zero-order valence-electron chi connectivity index (χ0n) is 23.4. The highest BCUT2D eigenvalue weighted by molar-refractivity contribution is 6.74. The molecule has 0 unspecified atom stereocenters. The molecule has 3 rings (SSSR count). The number of alkyl halides is 12. The Kier molecular flexibility index (Phi) is 8.95. The molecule has 3 nitrogen and oxygen atoms in total. The van der Waals surface area contributed by atoms with E-state index in [0.29, 0.717) is 0 Å². The lowest BCUT2D eigenvalue weighted by Gasteiger charge is -2.39. The van der Waals surface area contributed by atoms with Crippen LogP contribution in [-0.4, -0.2) is 32.1 Å². The molecule has 242 valence electrons. The Balaban J connectivity index is 2.35. The molecule has 2 atom stereocenters. The van der Waals surface area contributed by atoms with Crippen LogP contribution in [0.25, 0.3) is 0 Å². The van der Waals surface area contributed by atoms with Gasteiger partial charge in [0.25, 0.3) is 0 Å². The van der Waals surface area contributed by atoms with Gasteiger partial charge in [-0.2, -0.15) is 52.7 Å². The van der Waals surface area contributed by atoms with Crippen LogP contribution in [0.5, 0.6) is 0 Å². The summed E-state index contributed by atoms with van der Waals surface area (Å²) < 4.78 is 171. The highest BCUT2D eigenvalue weighted by Crippen LogP contribution is 2.47. The van der Waals surface area contributed by atoms with Crippen LogP contribution in [0.2, 0.25) is 18.1 Å². The van der Waals surface area contributed by atoms with E-state index in [1.54, 1.807) is 0 Å². The molecule has 0 amide bonds. The molecule has 1 fully saturated rings. The van der Waals surface area contributed by atoms with Crippen LogP contribution in [0.1, 0.15) is 60.6 Å². The maximum Gasteiger partial charge on any atom is 0.416 e. The van der Waals surface area contributed by atoms with Crippen molar-refractivity contribution < 1.29 is 62.2 Å². The molecule has 0 bridgehead atoms. The summed E-state index contributed by atoms with van der Waals surface area (Å²) >= 11 is 0. The van der Waals surface area contributed by atoms with Gasteiger partial charge in [-0.3, -0.25) is 0 Å². The summed E-state index contributed by atoms with van der Waals surface area (Å²) in [5, 5.41) is 14.3. The summed E-state index contributed by atoms with van der Waals surface area (Å²) in [5.74, 6) is 0. The van der Waals surface area contributed by atoms with Crippen LogP contribution >= 0.6 is 0 Å². The lowest BCUT2D eigenvalue weighted by molar-refractivity contribution is -0.144. The highest BCUT2D eigenvalue weighted by atomic mass is 28.4. The third kappa shape index (κ3) is 7.51. The van der Waals surface area contributed by atoms with Crippen LogP contribution in [0, 0.1) is 0 Å². The van der Waals surface area contributed by atoms with Crippen LogP contribution in [0.15, 0.2) is 36.4 Å². The molecule has 0 aromatic heterocycles. The summed E-state index contributed by atoms with van der Waals surface area (Å²) in [7, 11) is -2.57. The van der Waals surface area contributed by atoms with Gasteiger partial charge in [-0.1, -0.05) is 20.8 Å². The molecule has 1 saturated heterocycles. The first-order chi connectivity index (χ1) is 19.1. The molecule has 0 radical (unpaired) electrons. The van der Waals surface area contributed by atoms with Crippen molar-refractivity contribution in [3.8, 4) is 0 Å². The molecule has 1 aliphatic heterocycles. The predicted molar refractivity (Wildman–Crippen MR) is 134 cm³/mol. The Morgan fingerprint density at radius 1 is 0.628 bits per heavy atom. The van der Waals surface area contributed by atoms with Crippen molar-refractivity contribution in [1.29, 1.82) is 0 Å². The Labute approximate surface area is 240 Å². The number of hydrogen-bond acceptors (Lipinski definition) is 3. The predicted octanol–water partition coefficient (Wildman–Crippen LogP) is 8.75. The first-order valence-electron chi connectivity index (χ1n) is 12.8. The smallest absolute Gasteiger partial charge is 0.413 e. The van der Waals surface area contributed by atoms with E-state index >= 15 is 0 Å². The summed E-state index contributed by atoms with van der Waals surface area (Å²) in [6.45, 7) is 9.14. The van der Waals surface area contributed by atoms with E-state index in [1.165, 1.54) is 0 Å². The zero-order chi connectivity index (χ0) is 33.2. The lowest BCUT2D eigenvalue weighted by atomic mass is 9.77. The zero-order valence-corrected chi connectivity index (χ0v) is 24.4. The van der Waals surface area contributed by atoms with Crippen LogP contribution < -0.4 is 5.32 Å². The Morgan fingerprint density at radius 3 is 1.21 bits per heavy atom. The van der Waals surface area contributed by atoms with Gasteiger partial charge in [0, 0.05) is 12.6 Å². The van der Waals surface area contributed by atoms with Crippen LogP contribution in [-0.2, 0) is 34.7 Å². The fraction of sp³-hybridized carbons (Fsp3) is 0.556. The second-order valence-electron chi connectivity index (χ2n) is 12.1. The number of aliphatic hydroxyl groups is 1. The minimum absolute atomic E-state index is 0.0898. The normalized spacial score (nSPS) is 19.7. The second kappa shape index (κ2) is 10.9. The van der Waals surface area contributed by atoms with Crippen molar-refractivity contribution in [3.63, 3.8) is 0 Å². The van der Waals surface area contributed by atoms with Crippen molar-refractivity contribution in [3.05, 3.63) is 69.8 Å². The van der Waals surface area contributed by atoms with Gasteiger partial charge in [-0.05, 0) is 72.1 Å². The van der Waals surface area contributed by atoms with Gasteiger partial charge in [0.2, 0.25) is 0 Å². The van der Waals surface area contributed by atoms with E-state index in [4.69, 9.17) is 4.43 Å². The van der Waals surface area contributed by atoms with E-state index in [1.807, 2.05) is 33.9 Å². The van der Waals surface area contributed by atoms with E-state index < -0.39 is 84.2 Å². The first kappa shape index (κ1) is 35.2. The number of nitrogens with one attached hydrogen (secondary N) is 1. The molecular formula is C27H29F12NO2Si. The van der Waals surface area contributed by atoms with Crippen molar-refractivity contribution in [2.75, 3.05) is 6.54 Å². The quantitative estimate of drug-likeness (QED) is 0.250. The minimum atomic E-state index is -5.42. The van der Waals surface area contributed by atoms with Gasteiger partial charge in [-0.25, -0.2) is 0 Å². The van der Waals surface area contributed by atoms with E-state index in [2.05, 4.69) is 5.32 Å². The van der Waals surface area contributed by atoms with E-state index in [0.717, 1.165) is 0 Å². The lowest BCUT2D eigenvalue weighted by Crippen LogP contribution is -2.47. The van der Waals surface area contributed by atoms with Crippen molar-refractivity contribution in [2.45, 2.75) is 87.8 Å². The van der Waals surface area contributed by atoms with Crippen LogP contribution in [0.3, 0.4) is 0 Å². The van der Waals surface area contributed by atoms with Gasteiger partial charge in [0.05, 0.1) is 28.4 Å². The van der Waals surface area contributed by atoms with Crippen molar-refractivity contribution >= 4 is 8.32 Å². The SMILES string of the molecule is CC(C)(C)[Si](C)(C)O[C@@H]1CN[C@H](C(O)(c2cc(C(F)(F)F)cc(C(F)(F)F)c2)c2cc(C(F)(F)F)cc(C(F)(F)F)c2)C1. The molecule has 2 aromatic rings. The van der Waals surface area contributed by atoms with Gasteiger partial charge < -0.3 is 14.8 Å². The second-order valence-corrected chi connectivity index (χ2v) is 16.8. The van der Waals surface area contributed by atoms with Crippen molar-refractivity contribution in [1.82, 2.24) is 5.32 Å². The summed E-state index contributed by atoms with van der Waals surface area (Å²) in [6, 6.07) is -1.82. The average molecular weight is 656 g/mol. The third-order valence-electron chi connectivity index (χ3n) is 7.92. The Hall–Kier alpha value is -2.30. The Morgan fingerprint density at radius 2 is 0.930 bits per heavy atom. The molecule has 1 heterocycles. The molecule has 2 aromatic carbocycles. The molecule has 16 heteroatoms. The first-order valence-corrected chi connectivity index (χ1v) is 15.7. The largest absolute Gasteiger partial charge is 0.416 e. The van der Waals surface area contributed by atoms with Gasteiger partial charge in [-0.15, -0.1) is 0 Å². The molecular weight excluding hydrogens is 626 g/mol. The molecule has 0 spiro atoms.